The van der Waals surface area contributed by atoms with E-state index in [0.717, 1.165) is 35.1 Å². The van der Waals surface area contributed by atoms with Gasteiger partial charge in [-0.25, -0.2) is 4.99 Å². The monoisotopic (exact) mass is 389 g/mol. The third kappa shape index (κ3) is 3.56. The van der Waals surface area contributed by atoms with Gasteiger partial charge in [0.2, 0.25) is 0 Å². The molecule has 1 aliphatic carbocycles. The molecule has 0 amide bonds. The van der Waals surface area contributed by atoms with Gasteiger partial charge in [-0.2, -0.15) is 10.1 Å². The summed E-state index contributed by atoms with van der Waals surface area (Å²) in [5.74, 6) is 1.84. The number of aromatic nitrogens is 4. The third-order valence-corrected chi connectivity index (χ3v) is 5.40. The first-order valence-electron chi connectivity index (χ1n) is 9.37. The van der Waals surface area contributed by atoms with Crippen LogP contribution in [0.5, 0.6) is 0 Å². The molecule has 2 heterocycles. The molecule has 2 aromatic heterocycles. The van der Waals surface area contributed by atoms with Crippen molar-refractivity contribution in [3.63, 3.8) is 0 Å². The van der Waals surface area contributed by atoms with Crippen LogP contribution in [0.25, 0.3) is 17.0 Å². The molecular formula is C21H23N7O. The molecule has 8 heteroatoms. The number of hydrogen-bond acceptors (Lipinski definition) is 7. The minimum absolute atomic E-state index is 0.229. The molecule has 148 valence electrons. The van der Waals surface area contributed by atoms with E-state index >= 15 is 0 Å². The average molecular weight is 389 g/mol. The molecule has 5 N–H and O–H groups in total. The molecule has 1 saturated carbocycles. The van der Waals surface area contributed by atoms with Crippen LogP contribution >= 0.6 is 0 Å². The van der Waals surface area contributed by atoms with Gasteiger partial charge < -0.3 is 16.0 Å². The zero-order valence-corrected chi connectivity index (χ0v) is 16.2. The van der Waals surface area contributed by atoms with Gasteiger partial charge in [0.15, 0.2) is 5.82 Å². The van der Waals surface area contributed by atoms with Crippen LogP contribution in [0, 0.1) is 5.92 Å². The number of rotatable bonds is 7. The summed E-state index contributed by atoms with van der Waals surface area (Å²) in [6.07, 6.45) is 8.77. The van der Waals surface area contributed by atoms with Crippen LogP contribution in [0.4, 0.5) is 0 Å². The Kier molecular flexibility index (Phi) is 4.75. The third-order valence-electron chi connectivity index (χ3n) is 5.40. The predicted octanol–water partition coefficient (Wildman–Crippen LogP) is 2.98. The molecule has 0 saturated heterocycles. The summed E-state index contributed by atoms with van der Waals surface area (Å²) in [4.78, 5) is 8.70. The van der Waals surface area contributed by atoms with Crippen LogP contribution in [0.2, 0.25) is 0 Å². The molecule has 3 aromatic rings. The van der Waals surface area contributed by atoms with Crippen LogP contribution in [-0.2, 0) is 5.41 Å². The molecule has 1 aliphatic rings. The normalized spacial score (nSPS) is 16.8. The SMILES string of the molecule is C=C(N)/N=C\C(=C/N)c1ccc([C@@](C)(c2noc(-c3cn[nH]c3)n2)C2CC2)cc1. The van der Waals surface area contributed by atoms with Gasteiger partial charge >= 0.3 is 0 Å². The Morgan fingerprint density at radius 3 is 2.69 bits per heavy atom. The molecule has 8 nitrogen and oxygen atoms in total. The number of H-pyrrole nitrogens is 1. The van der Waals surface area contributed by atoms with Gasteiger partial charge in [0.05, 0.1) is 17.2 Å². The van der Waals surface area contributed by atoms with Gasteiger partial charge in [0.1, 0.15) is 5.82 Å². The van der Waals surface area contributed by atoms with Crippen LogP contribution in [0.1, 0.15) is 36.7 Å². The lowest BCUT2D eigenvalue weighted by atomic mass is 9.76. The Balaban J connectivity index is 1.66. The first-order chi connectivity index (χ1) is 14.0. The molecule has 1 fully saturated rings. The second-order valence-electron chi connectivity index (χ2n) is 7.34. The van der Waals surface area contributed by atoms with E-state index in [0.29, 0.717) is 17.6 Å². The number of nitrogens with two attached hydrogens (primary N) is 2. The highest BCUT2D eigenvalue weighted by Gasteiger charge is 2.47. The largest absolute Gasteiger partial charge is 0.404 e. The molecule has 0 radical (unpaired) electrons. The van der Waals surface area contributed by atoms with E-state index in [1.807, 2.05) is 12.1 Å². The maximum Gasteiger partial charge on any atom is 0.261 e. The summed E-state index contributed by atoms with van der Waals surface area (Å²) in [5, 5.41) is 11.0. The number of aromatic amines is 1. The van der Waals surface area contributed by atoms with E-state index in [4.69, 9.17) is 16.0 Å². The van der Waals surface area contributed by atoms with Crippen molar-refractivity contribution in [3.05, 3.63) is 72.2 Å². The van der Waals surface area contributed by atoms with Crippen LogP contribution in [-0.4, -0.2) is 26.6 Å². The van der Waals surface area contributed by atoms with E-state index in [2.05, 4.69) is 51.0 Å². The van der Waals surface area contributed by atoms with Gasteiger partial charge in [-0.3, -0.25) is 5.10 Å². The van der Waals surface area contributed by atoms with Crippen molar-refractivity contribution >= 4 is 11.8 Å². The molecule has 0 unspecified atom stereocenters. The van der Waals surface area contributed by atoms with Crippen molar-refractivity contribution in [2.24, 2.45) is 22.4 Å². The maximum atomic E-state index is 5.75. The van der Waals surface area contributed by atoms with E-state index in [-0.39, 0.29) is 11.2 Å². The zero-order chi connectivity index (χ0) is 20.4. The van der Waals surface area contributed by atoms with Crippen LogP contribution in [0.3, 0.4) is 0 Å². The van der Waals surface area contributed by atoms with Crippen molar-refractivity contribution in [2.75, 3.05) is 0 Å². The summed E-state index contributed by atoms with van der Waals surface area (Å²) >= 11 is 0. The fourth-order valence-corrected chi connectivity index (χ4v) is 3.50. The van der Waals surface area contributed by atoms with Crippen LogP contribution < -0.4 is 11.5 Å². The lowest BCUT2D eigenvalue weighted by Gasteiger charge is -2.27. The highest BCUT2D eigenvalue weighted by atomic mass is 16.5. The van der Waals surface area contributed by atoms with Crippen molar-refractivity contribution in [1.82, 2.24) is 20.3 Å². The fraction of sp³-hybridized carbons (Fsp3) is 0.238. The molecule has 0 bridgehead atoms. The lowest BCUT2D eigenvalue weighted by Crippen LogP contribution is -2.28. The van der Waals surface area contributed by atoms with Gasteiger partial charge in [0, 0.05) is 24.2 Å². The first-order valence-corrected chi connectivity index (χ1v) is 9.37. The molecule has 29 heavy (non-hydrogen) atoms. The minimum Gasteiger partial charge on any atom is -0.404 e. The van der Waals surface area contributed by atoms with Crippen molar-refractivity contribution in [2.45, 2.75) is 25.2 Å². The summed E-state index contributed by atoms with van der Waals surface area (Å²) in [7, 11) is 0. The smallest absolute Gasteiger partial charge is 0.261 e. The van der Waals surface area contributed by atoms with E-state index in [1.165, 1.54) is 6.20 Å². The highest BCUT2D eigenvalue weighted by molar-refractivity contribution is 6.09. The number of allylic oxidation sites excluding steroid dienone is 1. The summed E-state index contributed by atoms with van der Waals surface area (Å²) in [6, 6.07) is 8.18. The van der Waals surface area contributed by atoms with Gasteiger partial charge in [-0.05, 0) is 36.8 Å². The highest BCUT2D eigenvalue weighted by Crippen LogP contribution is 2.50. The molecule has 0 aliphatic heterocycles. The standard InChI is InChI=1S/C21H23N7O/c1-13(23)24-10-15(9-22)14-3-5-17(6-4-14)21(2,18-7-8-18)20-27-19(29-28-20)16-11-25-26-12-16/h3-6,9-12,18H,1,7-8,22-23H2,2H3,(H,25,26)/b15-9+,24-10-/t21-/m1/s1. The Labute approximate surface area is 168 Å². The van der Waals surface area contributed by atoms with E-state index in [1.54, 1.807) is 18.6 Å². The Morgan fingerprint density at radius 1 is 1.34 bits per heavy atom. The second-order valence-corrected chi connectivity index (χ2v) is 7.34. The lowest BCUT2D eigenvalue weighted by molar-refractivity contribution is 0.386. The Morgan fingerprint density at radius 2 is 2.10 bits per heavy atom. The van der Waals surface area contributed by atoms with Gasteiger partial charge in [-0.1, -0.05) is 36.0 Å². The van der Waals surface area contributed by atoms with E-state index < -0.39 is 0 Å². The molecule has 1 atom stereocenters. The van der Waals surface area contributed by atoms with Crippen molar-refractivity contribution in [3.8, 4) is 11.5 Å². The minimum atomic E-state index is -0.337. The van der Waals surface area contributed by atoms with Crippen molar-refractivity contribution < 1.29 is 4.52 Å². The summed E-state index contributed by atoms with van der Waals surface area (Å²) in [6.45, 7) is 5.73. The zero-order valence-electron chi connectivity index (χ0n) is 16.2. The van der Waals surface area contributed by atoms with Gasteiger partial charge in [0.25, 0.3) is 5.89 Å². The Bertz CT molecular complexity index is 1060. The number of nitrogens with zero attached hydrogens (tertiary/aromatic N) is 4. The molecule has 1 aromatic carbocycles. The molecular weight excluding hydrogens is 366 g/mol. The molecule has 0 spiro atoms. The average Bonchev–Trinajstić information content (AvgIpc) is 3.22. The van der Waals surface area contributed by atoms with Crippen molar-refractivity contribution in [1.29, 1.82) is 0 Å². The Hall–Kier alpha value is -3.68. The maximum absolute atomic E-state index is 5.75. The number of hydrogen-bond donors (Lipinski definition) is 3. The van der Waals surface area contributed by atoms with Crippen LogP contribution in [0.15, 0.2) is 64.8 Å². The number of benzene rings is 1. The van der Waals surface area contributed by atoms with Gasteiger partial charge in [-0.15, -0.1) is 0 Å². The number of nitrogens with one attached hydrogen (secondary N) is 1. The summed E-state index contributed by atoms with van der Waals surface area (Å²) < 4.78 is 5.50. The number of aliphatic imine (C=N–C) groups is 1. The quantitative estimate of drug-likeness (QED) is 0.532. The first kappa shape index (κ1) is 18.7. The van der Waals surface area contributed by atoms with E-state index in [9.17, 15) is 0 Å². The summed E-state index contributed by atoms with van der Waals surface area (Å²) in [5.41, 5.74) is 14.5. The topological polar surface area (TPSA) is 132 Å². The predicted molar refractivity (Wildman–Crippen MR) is 111 cm³/mol. The second kappa shape index (κ2) is 7.38. The molecule has 4 rings (SSSR count). The fourth-order valence-electron chi connectivity index (χ4n) is 3.50.